The standard InChI is InChI=1S/C54H36N6.CH4/c1-4-16-46(43(13-1)37-22-25-52(58-34-37)49-19-7-10-28-55-49)40-31-41(47-17-5-2-14-44(47)38-23-26-53(59-35-38)50-20-8-11-29-56-50)33-42(32-40)48-18-6-3-15-45(48)39-24-27-54(60-36-39)51-21-9-12-30-57-51;/h1-36H;1H4. The predicted octanol–water partition coefficient (Wildman–Crippen LogP) is 13.7. The summed E-state index contributed by atoms with van der Waals surface area (Å²) in [5.74, 6) is 0. The van der Waals surface area contributed by atoms with E-state index >= 15 is 0 Å². The van der Waals surface area contributed by atoms with Crippen LogP contribution in [0.4, 0.5) is 0 Å². The van der Waals surface area contributed by atoms with E-state index in [0.717, 1.165) is 101 Å². The van der Waals surface area contributed by atoms with Gasteiger partial charge in [0.1, 0.15) is 0 Å². The molecule has 6 heteroatoms. The van der Waals surface area contributed by atoms with Gasteiger partial charge < -0.3 is 0 Å². The number of rotatable bonds is 9. The van der Waals surface area contributed by atoms with Gasteiger partial charge >= 0.3 is 0 Å². The Hall–Kier alpha value is -8.22. The Kier molecular flexibility index (Phi) is 10.9. The minimum atomic E-state index is 0. The van der Waals surface area contributed by atoms with Crippen molar-refractivity contribution in [2.45, 2.75) is 7.43 Å². The van der Waals surface area contributed by atoms with E-state index in [9.17, 15) is 0 Å². The van der Waals surface area contributed by atoms with Crippen LogP contribution in [0, 0.1) is 0 Å². The molecule has 0 aliphatic heterocycles. The molecule has 0 aliphatic rings. The maximum atomic E-state index is 4.85. The maximum absolute atomic E-state index is 4.85. The van der Waals surface area contributed by atoms with Crippen LogP contribution in [0.2, 0.25) is 0 Å². The summed E-state index contributed by atoms with van der Waals surface area (Å²) < 4.78 is 0. The van der Waals surface area contributed by atoms with Gasteiger partial charge in [-0.15, -0.1) is 0 Å². The van der Waals surface area contributed by atoms with Crippen LogP contribution in [-0.2, 0) is 0 Å². The normalized spacial score (nSPS) is 10.8. The second-order valence-corrected chi connectivity index (χ2v) is 14.4. The Morgan fingerprint density at radius 1 is 0.213 bits per heavy atom. The van der Waals surface area contributed by atoms with Crippen molar-refractivity contribution in [1.29, 1.82) is 0 Å². The largest absolute Gasteiger partial charge is 0.255 e. The third-order valence-corrected chi connectivity index (χ3v) is 10.7. The zero-order chi connectivity index (χ0) is 40.1. The lowest BCUT2D eigenvalue weighted by atomic mass is 9.86. The van der Waals surface area contributed by atoms with Crippen molar-refractivity contribution in [3.05, 3.63) is 219 Å². The second-order valence-electron chi connectivity index (χ2n) is 14.4. The summed E-state index contributed by atoms with van der Waals surface area (Å²) in [5, 5.41) is 0. The fraction of sp³-hybridized carbons (Fsp3) is 0.0182. The van der Waals surface area contributed by atoms with Gasteiger partial charge in [0.25, 0.3) is 0 Å². The van der Waals surface area contributed by atoms with Crippen molar-refractivity contribution in [1.82, 2.24) is 29.9 Å². The SMILES string of the molecule is C.c1ccc(-c2ccc(-c3ccccc3-c3cc(-c4ccccc4-c4ccc(-c5ccccn5)nc4)cc(-c4ccccc4-c4ccc(-c5ccccn5)nc4)c3)cn2)nc1. The highest BCUT2D eigenvalue weighted by atomic mass is 14.8. The van der Waals surface area contributed by atoms with Crippen LogP contribution in [-0.4, -0.2) is 29.9 Å². The number of nitrogens with zero attached hydrogens (tertiary/aromatic N) is 6. The molecule has 6 heterocycles. The molecule has 0 saturated carbocycles. The van der Waals surface area contributed by atoms with Crippen molar-refractivity contribution >= 4 is 0 Å². The number of hydrogen-bond donors (Lipinski definition) is 0. The molecule has 0 atom stereocenters. The highest BCUT2D eigenvalue weighted by Gasteiger charge is 2.17. The van der Waals surface area contributed by atoms with Gasteiger partial charge in [-0.05, 0) is 123 Å². The summed E-state index contributed by atoms with van der Waals surface area (Å²) in [6.07, 6.45) is 11.2. The summed E-state index contributed by atoms with van der Waals surface area (Å²) in [5.41, 5.74) is 17.9. The van der Waals surface area contributed by atoms with E-state index in [2.05, 4.69) is 124 Å². The van der Waals surface area contributed by atoms with Gasteiger partial charge in [-0.2, -0.15) is 0 Å². The number of aromatic nitrogens is 6. The molecular formula is C55H40N6. The molecule has 4 aromatic carbocycles. The monoisotopic (exact) mass is 784 g/mol. The fourth-order valence-electron chi connectivity index (χ4n) is 7.71. The number of benzene rings is 4. The molecule has 0 amide bonds. The van der Waals surface area contributed by atoms with Gasteiger partial charge in [0.05, 0.1) is 34.2 Å². The van der Waals surface area contributed by atoms with Gasteiger partial charge in [-0.3, -0.25) is 29.9 Å². The molecule has 0 fully saturated rings. The molecule has 0 N–H and O–H groups in total. The Morgan fingerprint density at radius 2 is 0.459 bits per heavy atom. The molecule has 290 valence electrons. The molecule has 6 aromatic heterocycles. The van der Waals surface area contributed by atoms with E-state index in [1.54, 1.807) is 18.6 Å². The topological polar surface area (TPSA) is 77.3 Å². The van der Waals surface area contributed by atoms with E-state index < -0.39 is 0 Å². The van der Waals surface area contributed by atoms with Crippen molar-refractivity contribution in [2.24, 2.45) is 0 Å². The molecule has 6 nitrogen and oxygen atoms in total. The Bertz CT molecular complexity index is 2700. The fourth-order valence-corrected chi connectivity index (χ4v) is 7.71. The summed E-state index contributed by atoms with van der Waals surface area (Å²) >= 11 is 0. The Balaban J connectivity index is 0.00000476. The molecule has 0 aliphatic carbocycles. The molecule has 0 bridgehead atoms. The maximum Gasteiger partial charge on any atom is 0.0886 e. The molecule has 0 radical (unpaired) electrons. The van der Waals surface area contributed by atoms with Crippen molar-refractivity contribution in [3.8, 4) is 101 Å². The van der Waals surface area contributed by atoms with Gasteiger partial charge in [0.2, 0.25) is 0 Å². The average molecular weight is 785 g/mol. The lowest BCUT2D eigenvalue weighted by Gasteiger charge is -2.18. The van der Waals surface area contributed by atoms with Gasteiger partial charge in [-0.1, -0.05) is 117 Å². The third kappa shape index (κ3) is 7.98. The molecule has 10 aromatic rings. The quantitative estimate of drug-likeness (QED) is 0.145. The predicted molar refractivity (Wildman–Crippen MR) is 249 cm³/mol. The van der Waals surface area contributed by atoms with E-state index in [0.29, 0.717) is 0 Å². The molecule has 10 rings (SSSR count). The van der Waals surface area contributed by atoms with Gasteiger partial charge in [-0.25, -0.2) is 0 Å². The second kappa shape index (κ2) is 17.3. The first kappa shape index (κ1) is 38.3. The van der Waals surface area contributed by atoms with E-state index in [1.807, 2.05) is 91.4 Å². The zero-order valence-electron chi connectivity index (χ0n) is 32.5. The highest BCUT2D eigenvalue weighted by Crippen LogP contribution is 2.42. The zero-order valence-corrected chi connectivity index (χ0v) is 32.5. The smallest absolute Gasteiger partial charge is 0.0886 e. The lowest BCUT2D eigenvalue weighted by Crippen LogP contribution is -1.93. The first-order chi connectivity index (χ1) is 29.7. The Labute approximate surface area is 356 Å². The minimum absolute atomic E-state index is 0. The van der Waals surface area contributed by atoms with Crippen molar-refractivity contribution in [3.63, 3.8) is 0 Å². The minimum Gasteiger partial charge on any atom is -0.255 e. The summed E-state index contributed by atoms with van der Waals surface area (Å²) in [4.78, 5) is 28.1. The van der Waals surface area contributed by atoms with Crippen LogP contribution in [0.15, 0.2) is 219 Å². The van der Waals surface area contributed by atoms with Gasteiger partial charge in [0.15, 0.2) is 0 Å². The van der Waals surface area contributed by atoms with Crippen molar-refractivity contribution in [2.75, 3.05) is 0 Å². The molecule has 61 heavy (non-hydrogen) atoms. The van der Waals surface area contributed by atoms with E-state index in [1.165, 1.54) is 0 Å². The number of hydrogen-bond acceptors (Lipinski definition) is 6. The average Bonchev–Trinajstić information content (AvgIpc) is 3.35. The Morgan fingerprint density at radius 3 is 0.689 bits per heavy atom. The van der Waals surface area contributed by atoms with Crippen LogP contribution in [0.5, 0.6) is 0 Å². The van der Waals surface area contributed by atoms with E-state index in [-0.39, 0.29) is 7.43 Å². The van der Waals surface area contributed by atoms with Crippen LogP contribution >= 0.6 is 0 Å². The van der Waals surface area contributed by atoms with Crippen LogP contribution in [0.1, 0.15) is 7.43 Å². The van der Waals surface area contributed by atoms with Gasteiger partial charge in [0, 0.05) is 53.9 Å². The summed E-state index contributed by atoms with van der Waals surface area (Å²) in [6.45, 7) is 0. The highest BCUT2D eigenvalue weighted by molar-refractivity contribution is 5.94. The third-order valence-electron chi connectivity index (χ3n) is 10.7. The summed E-state index contributed by atoms with van der Waals surface area (Å²) in [6, 6.07) is 62.8. The summed E-state index contributed by atoms with van der Waals surface area (Å²) in [7, 11) is 0. The van der Waals surface area contributed by atoms with E-state index in [4.69, 9.17) is 15.0 Å². The molecule has 0 spiro atoms. The molecule has 0 saturated heterocycles. The first-order valence-electron chi connectivity index (χ1n) is 19.8. The number of pyridine rings is 6. The van der Waals surface area contributed by atoms with Crippen LogP contribution in [0.25, 0.3) is 101 Å². The van der Waals surface area contributed by atoms with Crippen LogP contribution < -0.4 is 0 Å². The molecular weight excluding hydrogens is 745 g/mol. The van der Waals surface area contributed by atoms with Crippen LogP contribution in [0.3, 0.4) is 0 Å². The lowest BCUT2D eigenvalue weighted by molar-refractivity contribution is 1.25. The first-order valence-corrected chi connectivity index (χ1v) is 19.8. The molecule has 0 unspecified atom stereocenters. The van der Waals surface area contributed by atoms with Crippen molar-refractivity contribution < 1.29 is 0 Å².